The Bertz CT molecular complexity index is 748. The summed E-state index contributed by atoms with van der Waals surface area (Å²) in [5.74, 6) is -1.32. The highest BCUT2D eigenvalue weighted by Crippen LogP contribution is 2.38. The lowest BCUT2D eigenvalue weighted by Crippen LogP contribution is -2.20. The van der Waals surface area contributed by atoms with E-state index in [0.717, 1.165) is 18.2 Å². The fourth-order valence-electron chi connectivity index (χ4n) is 2.06. The number of para-hydroxylation sites is 1. The van der Waals surface area contributed by atoms with Crippen molar-refractivity contribution in [1.82, 2.24) is 9.78 Å². The number of hydrogen-bond acceptors (Lipinski definition) is 3. The molecule has 1 heterocycles. The van der Waals surface area contributed by atoms with Crippen molar-refractivity contribution in [2.24, 2.45) is 0 Å². The molecule has 4 nitrogen and oxygen atoms in total. The molecule has 1 aromatic heterocycles. The fourth-order valence-corrected chi connectivity index (χ4v) is 2.06. The maximum Gasteiger partial charge on any atom is 0.434 e. The Balaban J connectivity index is 2.72. The molecule has 130 valence electrons. The summed E-state index contributed by atoms with van der Waals surface area (Å²) in [5, 5.41) is 3.33. The zero-order valence-electron chi connectivity index (χ0n) is 12.1. The number of benzene rings is 1. The third kappa shape index (κ3) is 3.36. The first-order valence-corrected chi connectivity index (χ1v) is 6.56. The van der Waals surface area contributed by atoms with Gasteiger partial charge >= 0.3 is 18.3 Å². The number of halogens is 6. The maximum absolute atomic E-state index is 13.3. The molecule has 0 N–H and O–H groups in total. The van der Waals surface area contributed by atoms with Crippen LogP contribution in [-0.4, -0.2) is 22.4 Å². The van der Waals surface area contributed by atoms with Crippen molar-refractivity contribution in [3.63, 3.8) is 0 Å². The molecule has 1 aromatic carbocycles. The first-order chi connectivity index (χ1) is 11.1. The number of ether oxygens (including phenoxy) is 1. The van der Waals surface area contributed by atoms with Crippen molar-refractivity contribution in [2.45, 2.75) is 19.3 Å². The molecule has 0 bridgehead atoms. The van der Waals surface area contributed by atoms with E-state index in [1.165, 1.54) is 6.92 Å². The topological polar surface area (TPSA) is 44.1 Å². The zero-order chi connectivity index (χ0) is 18.1. The molecule has 24 heavy (non-hydrogen) atoms. The van der Waals surface area contributed by atoms with E-state index in [1.807, 2.05) is 0 Å². The van der Waals surface area contributed by atoms with E-state index in [1.54, 1.807) is 0 Å². The summed E-state index contributed by atoms with van der Waals surface area (Å²) >= 11 is 0. The van der Waals surface area contributed by atoms with Crippen LogP contribution in [0, 0.1) is 0 Å². The van der Waals surface area contributed by atoms with E-state index in [2.05, 4.69) is 9.84 Å². The molecule has 2 aromatic rings. The van der Waals surface area contributed by atoms with Gasteiger partial charge in [-0.1, -0.05) is 12.1 Å². The SMILES string of the molecule is CCOC(=O)c1cnn(-c2ccccc2C(F)(F)F)c1C(F)(F)F. The smallest absolute Gasteiger partial charge is 0.434 e. The van der Waals surface area contributed by atoms with Gasteiger partial charge in [-0.3, -0.25) is 0 Å². The molecular formula is C14H10F6N2O2. The van der Waals surface area contributed by atoms with Crippen LogP contribution in [-0.2, 0) is 17.1 Å². The molecule has 0 saturated heterocycles. The third-order valence-corrected chi connectivity index (χ3v) is 2.97. The number of aromatic nitrogens is 2. The molecule has 0 atom stereocenters. The summed E-state index contributed by atoms with van der Waals surface area (Å²) in [4.78, 5) is 11.6. The molecule has 0 saturated carbocycles. The number of esters is 1. The van der Waals surface area contributed by atoms with Crippen LogP contribution in [0.2, 0.25) is 0 Å². The Kier molecular flexibility index (Phi) is 4.59. The molecule has 0 spiro atoms. The van der Waals surface area contributed by atoms with Gasteiger partial charge in [-0.15, -0.1) is 0 Å². The summed E-state index contributed by atoms with van der Waals surface area (Å²) in [6, 6.07) is 3.63. The van der Waals surface area contributed by atoms with Crippen molar-refractivity contribution in [1.29, 1.82) is 0 Å². The molecule has 0 aliphatic rings. The molecule has 0 fully saturated rings. The second kappa shape index (κ2) is 6.17. The van der Waals surface area contributed by atoms with E-state index in [0.29, 0.717) is 12.3 Å². The van der Waals surface area contributed by atoms with Gasteiger partial charge in [0.15, 0.2) is 5.69 Å². The predicted molar refractivity (Wildman–Crippen MR) is 69.5 cm³/mol. The molecule has 0 unspecified atom stereocenters. The van der Waals surface area contributed by atoms with Gasteiger partial charge in [-0.2, -0.15) is 31.4 Å². The zero-order valence-corrected chi connectivity index (χ0v) is 12.1. The number of rotatable bonds is 3. The van der Waals surface area contributed by atoms with Crippen LogP contribution >= 0.6 is 0 Å². The minimum absolute atomic E-state index is 0.0507. The standard InChI is InChI=1S/C14H10F6N2O2/c1-2-24-12(23)8-7-21-22(11(8)14(18,19)20)10-6-4-3-5-9(10)13(15,16)17/h3-7H,2H2,1H3. The molecule has 0 radical (unpaired) electrons. The maximum atomic E-state index is 13.3. The van der Waals surface area contributed by atoms with Crippen LogP contribution in [0.1, 0.15) is 28.5 Å². The Labute approximate surface area is 131 Å². The second-order valence-electron chi connectivity index (χ2n) is 4.55. The average molecular weight is 352 g/mol. The Morgan fingerprint density at radius 2 is 1.75 bits per heavy atom. The molecular weight excluding hydrogens is 342 g/mol. The Morgan fingerprint density at radius 1 is 1.12 bits per heavy atom. The predicted octanol–water partition coefficient (Wildman–Crippen LogP) is 4.09. The second-order valence-corrected chi connectivity index (χ2v) is 4.55. The minimum atomic E-state index is -5.11. The molecule has 2 rings (SSSR count). The highest BCUT2D eigenvalue weighted by Gasteiger charge is 2.43. The Hall–Kier alpha value is -2.52. The van der Waals surface area contributed by atoms with E-state index >= 15 is 0 Å². The van der Waals surface area contributed by atoms with Crippen molar-refractivity contribution < 1.29 is 35.9 Å². The van der Waals surface area contributed by atoms with Gasteiger partial charge in [-0.05, 0) is 19.1 Å². The van der Waals surface area contributed by atoms with Gasteiger partial charge in [0.2, 0.25) is 0 Å². The number of carbonyl (C=O) groups is 1. The van der Waals surface area contributed by atoms with Gasteiger partial charge in [-0.25, -0.2) is 9.48 Å². The molecule has 10 heteroatoms. The molecule has 0 amide bonds. The first kappa shape index (κ1) is 17.8. The lowest BCUT2D eigenvalue weighted by Gasteiger charge is -2.16. The minimum Gasteiger partial charge on any atom is -0.462 e. The average Bonchev–Trinajstić information content (AvgIpc) is 2.91. The number of nitrogens with zero attached hydrogens (tertiary/aromatic N) is 2. The number of carbonyl (C=O) groups excluding carboxylic acids is 1. The van der Waals surface area contributed by atoms with E-state index < -0.39 is 40.8 Å². The van der Waals surface area contributed by atoms with Crippen molar-refractivity contribution >= 4 is 5.97 Å². The van der Waals surface area contributed by atoms with Gasteiger partial charge in [0.1, 0.15) is 5.56 Å². The van der Waals surface area contributed by atoms with Gasteiger partial charge in [0.25, 0.3) is 0 Å². The number of hydrogen-bond donors (Lipinski definition) is 0. The third-order valence-electron chi connectivity index (χ3n) is 2.97. The summed E-state index contributed by atoms with van der Waals surface area (Å²) in [6.45, 7) is 1.19. The normalized spacial score (nSPS) is 12.3. The highest BCUT2D eigenvalue weighted by molar-refractivity contribution is 5.90. The van der Waals surface area contributed by atoms with Crippen molar-refractivity contribution in [3.05, 3.63) is 47.3 Å². The first-order valence-electron chi connectivity index (χ1n) is 6.56. The summed E-state index contributed by atoms with van der Waals surface area (Å²) in [6.07, 6.45) is -9.47. The van der Waals surface area contributed by atoms with Crippen molar-refractivity contribution in [3.8, 4) is 5.69 Å². The summed E-state index contributed by atoms with van der Waals surface area (Å²) in [7, 11) is 0. The monoisotopic (exact) mass is 352 g/mol. The van der Waals surface area contributed by atoms with E-state index in [9.17, 15) is 31.1 Å². The van der Waals surface area contributed by atoms with E-state index in [4.69, 9.17) is 0 Å². The van der Waals surface area contributed by atoms with Gasteiger partial charge in [0, 0.05) is 0 Å². The fraction of sp³-hybridized carbons (Fsp3) is 0.286. The number of alkyl halides is 6. The molecule has 0 aliphatic heterocycles. The van der Waals surface area contributed by atoms with Crippen LogP contribution in [0.4, 0.5) is 26.3 Å². The molecule has 0 aliphatic carbocycles. The summed E-state index contributed by atoms with van der Waals surface area (Å²) < 4.78 is 83.6. The van der Waals surface area contributed by atoms with Gasteiger partial charge < -0.3 is 4.74 Å². The Morgan fingerprint density at radius 3 is 2.29 bits per heavy atom. The van der Waals surface area contributed by atoms with Crippen LogP contribution in [0.5, 0.6) is 0 Å². The van der Waals surface area contributed by atoms with Crippen LogP contribution < -0.4 is 0 Å². The summed E-state index contributed by atoms with van der Waals surface area (Å²) in [5.41, 5.74) is -4.74. The lowest BCUT2D eigenvalue weighted by atomic mass is 10.1. The van der Waals surface area contributed by atoms with Crippen LogP contribution in [0.3, 0.4) is 0 Å². The van der Waals surface area contributed by atoms with Gasteiger partial charge in [0.05, 0.1) is 24.1 Å². The van der Waals surface area contributed by atoms with Crippen molar-refractivity contribution in [2.75, 3.05) is 6.61 Å². The highest BCUT2D eigenvalue weighted by atomic mass is 19.4. The lowest BCUT2D eigenvalue weighted by molar-refractivity contribution is -0.145. The quantitative estimate of drug-likeness (QED) is 0.617. The van der Waals surface area contributed by atoms with Crippen LogP contribution in [0.15, 0.2) is 30.5 Å². The van der Waals surface area contributed by atoms with E-state index in [-0.39, 0.29) is 11.3 Å². The largest absolute Gasteiger partial charge is 0.462 e. The van der Waals surface area contributed by atoms with Crippen LogP contribution in [0.25, 0.3) is 5.69 Å².